The predicted octanol–water partition coefficient (Wildman–Crippen LogP) is 2.74. The summed E-state index contributed by atoms with van der Waals surface area (Å²) in [6.45, 7) is 3.68. The number of hydrogen-bond acceptors (Lipinski definition) is 3. The van der Waals surface area contributed by atoms with Crippen molar-refractivity contribution in [2.75, 3.05) is 0 Å². The van der Waals surface area contributed by atoms with Gasteiger partial charge in [0.2, 0.25) is 0 Å². The minimum absolute atomic E-state index is 0.0517. The van der Waals surface area contributed by atoms with Gasteiger partial charge < -0.3 is 5.11 Å². The Hall–Kier alpha value is -1.16. The Bertz CT molecular complexity index is 368. The maximum atomic E-state index is 11.7. The quantitative estimate of drug-likeness (QED) is 0.785. The van der Waals surface area contributed by atoms with Gasteiger partial charge in [-0.05, 0) is 29.9 Å². The highest BCUT2D eigenvalue weighted by molar-refractivity contribution is 7.12. The summed E-state index contributed by atoms with van der Waals surface area (Å²) in [6, 6.07) is 1.90. The first-order valence-corrected chi connectivity index (χ1v) is 5.67. The van der Waals surface area contributed by atoms with E-state index in [4.69, 9.17) is 5.11 Å². The topological polar surface area (TPSA) is 54.4 Å². The van der Waals surface area contributed by atoms with Gasteiger partial charge in [0.25, 0.3) is 0 Å². The molecule has 4 heteroatoms. The Morgan fingerprint density at radius 2 is 2.13 bits per heavy atom. The van der Waals surface area contributed by atoms with Gasteiger partial charge in [-0.25, -0.2) is 0 Å². The van der Waals surface area contributed by atoms with Crippen molar-refractivity contribution in [3.8, 4) is 0 Å². The monoisotopic (exact) mass is 226 g/mol. The van der Waals surface area contributed by atoms with Gasteiger partial charge in [-0.2, -0.15) is 0 Å². The molecule has 1 aromatic rings. The number of carboxylic acids is 1. The third-order valence-corrected chi connectivity index (χ3v) is 3.23. The number of ketones is 1. The summed E-state index contributed by atoms with van der Waals surface area (Å²) in [4.78, 5) is 22.9. The molecule has 1 aromatic heterocycles. The van der Waals surface area contributed by atoms with Crippen LogP contribution < -0.4 is 0 Å². The van der Waals surface area contributed by atoms with E-state index in [9.17, 15) is 9.59 Å². The van der Waals surface area contributed by atoms with Crippen molar-refractivity contribution < 1.29 is 14.7 Å². The van der Waals surface area contributed by atoms with Crippen LogP contribution in [0.25, 0.3) is 0 Å². The minimum atomic E-state index is -0.849. The lowest BCUT2D eigenvalue weighted by atomic mass is 9.99. The third-order valence-electron chi connectivity index (χ3n) is 2.17. The van der Waals surface area contributed by atoms with Gasteiger partial charge in [-0.3, -0.25) is 9.59 Å². The van der Waals surface area contributed by atoms with E-state index >= 15 is 0 Å². The molecular weight excluding hydrogens is 212 g/mol. The maximum absolute atomic E-state index is 11.7. The van der Waals surface area contributed by atoms with E-state index in [1.54, 1.807) is 6.92 Å². The first kappa shape index (κ1) is 11.9. The highest BCUT2D eigenvalue weighted by Crippen LogP contribution is 2.20. The lowest BCUT2D eigenvalue weighted by Crippen LogP contribution is -2.10. The molecule has 0 aromatic carbocycles. The van der Waals surface area contributed by atoms with Crippen LogP contribution in [0.15, 0.2) is 11.4 Å². The Morgan fingerprint density at radius 1 is 1.47 bits per heavy atom. The van der Waals surface area contributed by atoms with Crippen LogP contribution in [0.1, 0.15) is 35.0 Å². The molecule has 1 heterocycles. The number of carbonyl (C=O) groups is 2. The first-order chi connectivity index (χ1) is 7.00. The van der Waals surface area contributed by atoms with E-state index in [1.807, 2.05) is 18.4 Å². The number of hydrogen-bond donors (Lipinski definition) is 1. The van der Waals surface area contributed by atoms with Gasteiger partial charge >= 0.3 is 5.97 Å². The second-order valence-corrected chi connectivity index (χ2v) is 4.68. The number of carbonyl (C=O) groups excluding carboxylic acids is 1. The van der Waals surface area contributed by atoms with Crippen molar-refractivity contribution in [3.05, 3.63) is 21.9 Å². The summed E-state index contributed by atoms with van der Waals surface area (Å²) in [6.07, 6.45) is 0.365. The molecule has 0 aliphatic carbocycles. The molecule has 0 saturated carbocycles. The average molecular weight is 226 g/mol. The Morgan fingerprint density at radius 3 is 2.60 bits per heavy atom. The molecule has 0 amide bonds. The van der Waals surface area contributed by atoms with Crippen molar-refractivity contribution in [3.63, 3.8) is 0 Å². The lowest BCUT2D eigenvalue weighted by molar-refractivity contribution is -0.137. The second-order valence-electron chi connectivity index (χ2n) is 3.76. The second kappa shape index (κ2) is 5.07. The molecule has 1 atom stereocenters. The van der Waals surface area contributed by atoms with Gasteiger partial charge in [0, 0.05) is 12.8 Å². The van der Waals surface area contributed by atoms with Gasteiger partial charge in [0.1, 0.15) is 0 Å². The molecule has 0 saturated heterocycles. The number of thiophene rings is 1. The molecule has 0 bridgehead atoms. The van der Waals surface area contributed by atoms with Gasteiger partial charge in [-0.1, -0.05) is 6.92 Å². The van der Waals surface area contributed by atoms with E-state index in [2.05, 4.69) is 0 Å². The number of rotatable bonds is 5. The fourth-order valence-corrected chi connectivity index (χ4v) is 2.31. The minimum Gasteiger partial charge on any atom is -0.481 e. The molecule has 0 fully saturated rings. The number of carboxylic acid groups (broad SMARTS) is 1. The summed E-state index contributed by atoms with van der Waals surface area (Å²) in [5, 5.41) is 10.5. The van der Waals surface area contributed by atoms with Crippen LogP contribution in [0.5, 0.6) is 0 Å². The molecule has 0 aliphatic rings. The molecule has 1 unspecified atom stereocenters. The molecule has 1 rings (SSSR count). The fraction of sp³-hybridized carbons (Fsp3) is 0.455. The van der Waals surface area contributed by atoms with Crippen molar-refractivity contribution in [2.45, 2.75) is 26.7 Å². The van der Waals surface area contributed by atoms with Crippen molar-refractivity contribution >= 4 is 23.1 Å². The smallest absolute Gasteiger partial charge is 0.303 e. The fourth-order valence-electron chi connectivity index (χ4n) is 1.44. The molecule has 1 N–H and O–H groups in total. The molecule has 0 aliphatic heterocycles. The van der Waals surface area contributed by atoms with Crippen molar-refractivity contribution in [1.29, 1.82) is 0 Å². The summed E-state index contributed by atoms with van der Waals surface area (Å²) in [5.74, 6) is -0.897. The van der Waals surface area contributed by atoms with Gasteiger partial charge in [-0.15, -0.1) is 11.3 Å². The van der Waals surface area contributed by atoms with Gasteiger partial charge in [0.15, 0.2) is 5.78 Å². The maximum Gasteiger partial charge on any atom is 0.303 e. The summed E-state index contributed by atoms with van der Waals surface area (Å²) >= 11 is 1.42. The summed E-state index contributed by atoms with van der Waals surface area (Å²) in [5.41, 5.74) is 0.979. The van der Waals surface area contributed by atoms with Crippen LogP contribution in [-0.4, -0.2) is 16.9 Å². The molecular formula is C11H14O3S. The van der Waals surface area contributed by atoms with Crippen LogP contribution in [-0.2, 0) is 4.79 Å². The highest BCUT2D eigenvalue weighted by atomic mass is 32.1. The Kier molecular flexibility index (Phi) is 4.03. The predicted molar refractivity (Wildman–Crippen MR) is 59.4 cm³/mol. The van der Waals surface area contributed by atoms with E-state index < -0.39 is 5.97 Å². The van der Waals surface area contributed by atoms with Crippen molar-refractivity contribution in [2.24, 2.45) is 5.92 Å². The number of aliphatic carboxylic acids is 1. The van der Waals surface area contributed by atoms with E-state index in [-0.39, 0.29) is 18.1 Å². The van der Waals surface area contributed by atoms with Crippen LogP contribution in [0.2, 0.25) is 0 Å². The SMILES string of the molecule is Cc1ccsc1C(=O)CC(C)CC(=O)O. The zero-order valence-electron chi connectivity index (χ0n) is 8.82. The van der Waals surface area contributed by atoms with Crippen LogP contribution in [0, 0.1) is 12.8 Å². The van der Waals surface area contributed by atoms with Crippen molar-refractivity contribution in [1.82, 2.24) is 0 Å². The summed E-state index contributed by atoms with van der Waals surface area (Å²) in [7, 11) is 0. The van der Waals surface area contributed by atoms with Crippen LogP contribution in [0.4, 0.5) is 0 Å². The summed E-state index contributed by atoms with van der Waals surface area (Å²) < 4.78 is 0. The Balaban J connectivity index is 2.56. The first-order valence-electron chi connectivity index (χ1n) is 4.79. The molecule has 82 valence electrons. The van der Waals surface area contributed by atoms with Crippen LogP contribution in [0.3, 0.4) is 0 Å². The molecule has 15 heavy (non-hydrogen) atoms. The van der Waals surface area contributed by atoms with E-state index in [0.717, 1.165) is 10.4 Å². The van der Waals surface area contributed by atoms with Gasteiger partial charge in [0.05, 0.1) is 4.88 Å². The highest BCUT2D eigenvalue weighted by Gasteiger charge is 2.16. The normalized spacial score (nSPS) is 12.4. The molecule has 0 radical (unpaired) electrons. The number of aryl methyl sites for hydroxylation is 1. The average Bonchev–Trinajstić information content (AvgIpc) is 2.49. The van der Waals surface area contributed by atoms with E-state index in [0.29, 0.717) is 6.42 Å². The Labute approximate surface area is 92.7 Å². The standard InChI is InChI=1S/C11H14O3S/c1-7(6-10(13)14)5-9(12)11-8(2)3-4-15-11/h3-4,7H,5-6H2,1-2H3,(H,13,14). The zero-order chi connectivity index (χ0) is 11.4. The van der Waals surface area contributed by atoms with E-state index in [1.165, 1.54) is 11.3 Å². The lowest BCUT2D eigenvalue weighted by Gasteiger charge is -2.06. The van der Waals surface area contributed by atoms with Crippen LogP contribution >= 0.6 is 11.3 Å². The number of Topliss-reactive ketones (excluding diaryl/α,β-unsaturated/α-hetero) is 1. The molecule has 0 spiro atoms. The molecule has 3 nitrogen and oxygen atoms in total. The largest absolute Gasteiger partial charge is 0.481 e. The third kappa shape index (κ3) is 3.47. The zero-order valence-corrected chi connectivity index (χ0v) is 9.63.